The first-order valence-electron chi connectivity index (χ1n) is 7.79. The van der Waals surface area contributed by atoms with Crippen LogP contribution in [0.25, 0.3) is 0 Å². The minimum Gasteiger partial charge on any atom is -0.0522 e. The summed E-state index contributed by atoms with van der Waals surface area (Å²) in [4.78, 5) is 0. The number of hydrogen-bond acceptors (Lipinski definition) is 0. The van der Waals surface area contributed by atoms with Crippen molar-refractivity contribution >= 4 is 0 Å². The molecule has 0 heteroatoms. The number of fused-ring (bicyclic) bond motifs is 3. The zero-order valence-electron chi connectivity index (χ0n) is 10.5. The summed E-state index contributed by atoms with van der Waals surface area (Å²) in [6.45, 7) is 0. The van der Waals surface area contributed by atoms with Crippen molar-refractivity contribution in [2.45, 2.75) is 77.0 Å². The van der Waals surface area contributed by atoms with E-state index in [1.54, 1.807) is 77.0 Å². The lowest BCUT2D eigenvalue weighted by atomic mass is 9.18. The minimum atomic E-state index is 0.911. The van der Waals surface area contributed by atoms with Gasteiger partial charge in [-0.15, -0.1) is 0 Å². The molecule has 0 nitrogen and oxygen atoms in total. The molecule has 2 atom stereocenters. The van der Waals surface area contributed by atoms with Gasteiger partial charge in [0.15, 0.2) is 0 Å². The Balaban J connectivity index is 1.57. The summed E-state index contributed by atoms with van der Waals surface area (Å²) in [5.74, 6) is 0. The van der Waals surface area contributed by atoms with E-state index in [0.29, 0.717) is 0 Å². The van der Waals surface area contributed by atoms with Crippen LogP contribution in [0.2, 0.25) is 0 Å². The van der Waals surface area contributed by atoms with E-state index < -0.39 is 0 Å². The monoisotopic (exact) mass is 216 g/mol. The van der Waals surface area contributed by atoms with E-state index in [1.165, 1.54) is 0 Å². The van der Waals surface area contributed by atoms with Crippen LogP contribution in [0.5, 0.6) is 0 Å². The van der Waals surface area contributed by atoms with E-state index in [4.69, 9.17) is 0 Å². The Morgan fingerprint density at radius 3 is 0.875 bits per heavy atom. The van der Waals surface area contributed by atoms with Crippen molar-refractivity contribution in [3.63, 3.8) is 0 Å². The van der Waals surface area contributed by atoms with Gasteiger partial charge >= 0.3 is 0 Å². The molecule has 4 spiro atoms. The number of rotatable bonds is 0. The minimum absolute atomic E-state index is 0.911. The predicted octanol–water partition coefficient (Wildman–Crippen LogP) is 4.68. The highest BCUT2D eigenvalue weighted by Crippen LogP contribution is 2.90. The van der Waals surface area contributed by atoms with Crippen molar-refractivity contribution in [2.75, 3.05) is 0 Å². The molecular formula is C16H24. The summed E-state index contributed by atoms with van der Waals surface area (Å²) in [5.41, 5.74) is 3.65. The highest BCUT2D eigenvalue weighted by atomic mass is 14.9. The van der Waals surface area contributed by atoms with Crippen molar-refractivity contribution in [3.8, 4) is 0 Å². The van der Waals surface area contributed by atoms with E-state index in [-0.39, 0.29) is 0 Å². The maximum absolute atomic E-state index is 1.63. The highest BCUT2D eigenvalue weighted by Gasteiger charge is 2.81. The quantitative estimate of drug-likeness (QED) is 0.551. The van der Waals surface area contributed by atoms with Crippen LogP contribution >= 0.6 is 0 Å². The maximum Gasteiger partial charge on any atom is -0.0179 e. The van der Waals surface area contributed by atoms with Crippen molar-refractivity contribution in [1.29, 1.82) is 0 Å². The van der Waals surface area contributed by atoms with Crippen LogP contribution in [0, 0.1) is 21.7 Å². The lowest BCUT2D eigenvalue weighted by molar-refractivity contribution is -0.367. The Bertz CT molecular complexity index is 305. The topological polar surface area (TPSA) is 0 Å². The van der Waals surface area contributed by atoms with E-state index in [0.717, 1.165) is 21.7 Å². The van der Waals surface area contributed by atoms with E-state index in [9.17, 15) is 0 Å². The largest absolute Gasteiger partial charge is 0.0522 e. The van der Waals surface area contributed by atoms with Gasteiger partial charge in [-0.1, -0.05) is 12.8 Å². The normalized spacial score (nSPS) is 54.0. The predicted molar refractivity (Wildman–Crippen MR) is 65.1 cm³/mol. The summed E-state index contributed by atoms with van der Waals surface area (Å²) in [5, 5.41) is 0. The Morgan fingerprint density at radius 1 is 0.375 bits per heavy atom. The Hall–Kier alpha value is 0. The average Bonchev–Trinajstić information content (AvgIpc) is 1.91. The molecule has 0 aromatic carbocycles. The molecule has 5 fully saturated rings. The first kappa shape index (κ1) is 9.00. The molecule has 0 aromatic rings. The standard InChI is InChI=1S/C16H24/c1-3-13(4-1)7-9-15(13)11-12-16(15)10-8-14(16)5-2-6-14/h1-12H2/t15-,16-/m1/s1. The second kappa shape index (κ2) is 2.27. The van der Waals surface area contributed by atoms with Crippen molar-refractivity contribution < 1.29 is 0 Å². The molecule has 5 aliphatic carbocycles. The van der Waals surface area contributed by atoms with Crippen LogP contribution in [0.4, 0.5) is 0 Å². The zero-order chi connectivity index (χ0) is 10.5. The van der Waals surface area contributed by atoms with Gasteiger partial charge in [0.25, 0.3) is 0 Å². The highest BCUT2D eigenvalue weighted by molar-refractivity contribution is 5.30. The molecule has 0 amide bonds. The third-order valence-electron chi connectivity index (χ3n) is 8.61. The summed E-state index contributed by atoms with van der Waals surface area (Å²) in [6, 6.07) is 0. The SMILES string of the molecule is C1CC2(C1)CC[C@@]21CC[C@@]12CCC21CCC1. The fourth-order valence-corrected chi connectivity index (χ4v) is 7.23. The second-order valence-corrected chi connectivity index (χ2v) is 7.93. The fourth-order valence-electron chi connectivity index (χ4n) is 7.23. The molecule has 0 unspecified atom stereocenters. The van der Waals surface area contributed by atoms with Gasteiger partial charge in [0, 0.05) is 0 Å². The van der Waals surface area contributed by atoms with Crippen molar-refractivity contribution in [2.24, 2.45) is 21.7 Å². The van der Waals surface area contributed by atoms with Crippen LogP contribution in [-0.2, 0) is 0 Å². The first-order valence-corrected chi connectivity index (χ1v) is 7.79. The zero-order valence-corrected chi connectivity index (χ0v) is 10.5. The molecule has 0 saturated heterocycles. The summed E-state index contributed by atoms with van der Waals surface area (Å²) in [7, 11) is 0. The second-order valence-electron chi connectivity index (χ2n) is 7.93. The van der Waals surface area contributed by atoms with Crippen molar-refractivity contribution in [3.05, 3.63) is 0 Å². The molecular weight excluding hydrogens is 192 g/mol. The molecule has 16 heavy (non-hydrogen) atoms. The van der Waals surface area contributed by atoms with E-state index >= 15 is 0 Å². The lowest BCUT2D eigenvalue weighted by Gasteiger charge is -2.86. The van der Waals surface area contributed by atoms with Gasteiger partial charge in [0.2, 0.25) is 0 Å². The molecule has 0 N–H and O–H groups in total. The molecule has 0 heterocycles. The summed E-state index contributed by atoms with van der Waals surface area (Å²) < 4.78 is 0. The molecule has 0 aromatic heterocycles. The molecule has 0 aliphatic heterocycles. The van der Waals surface area contributed by atoms with Gasteiger partial charge in [-0.3, -0.25) is 0 Å². The summed E-state index contributed by atoms with van der Waals surface area (Å²) in [6.07, 6.45) is 19.4. The first-order chi connectivity index (χ1) is 7.79. The Kier molecular flexibility index (Phi) is 1.28. The summed E-state index contributed by atoms with van der Waals surface area (Å²) >= 11 is 0. The van der Waals surface area contributed by atoms with Gasteiger partial charge < -0.3 is 0 Å². The van der Waals surface area contributed by atoms with Gasteiger partial charge in [-0.2, -0.15) is 0 Å². The Labute approximate surface area is 99.2 Å². The van der Waals surface area contributed by atoms with Crippen LogP contribution in [0.1, 0.15) is 77.0 Å². The van der Waals surface area contributed by atoms with Crippen LogP contribution in [0.3, 0.4) is 0 Å². The smallest absolute Gasteiger partial charge is 0.0179 e. The molecule has 5 saturated carbocycles. The molecule has 0 bridgehead atoms. The van der Waals surface area contributed by atoms with Crippen molar-refractivity contribution in [1.82, 2.24) is 0 Å². The van der Waals surface area contributed by atoms with E-state index in [2.05, 4.69) is 0 Å². The van der Waals surface area contributed by atoms with Crippen LogP contribution < -0.4 is 0 Å². The van der Waals surface area contributed by atoms with E-state index in [1.807, 2.05) is 0 Å². The molecule has 5 aliphatic rings. The van der Waals surface area contributed by atoms with Gasteiger partial charge in [0.1, 0.15) is 0 Å². The number of hydrogen-bond donors (Lipinski definition) is 0. The third-order valence-corrected chi connectivity index (χ3v) is 8.61. The van der Waals surface area contributed by atoms with Gasteiger partial charge in [0.05, 0.1) is 0 Å². The Morgan fingerprint density at radius 2 is 0.750 bits per heavy atom. The molecule has 88 valence electrons. The van der Waals surface area contributed by atoms with Gasteiger partial charge in [-0.05, 0) is 85.9 Å². The third kappa shape index (κ3) is 0.578. The fraction of sp³-hybridized carbons (Fsp3) is 1.00. The van der Waals surface area contributed by atoms with Gasteiger partial charge in [-0.25, -0.2) is 0 Å². The average molecular weight is 216 g/mol. The maximum atomic E-state index is 1.63. The van der Waals surface area contributed by atoms with Crippen LogP contribution in [-0.4, -0.2) is 0 Å². The molecule has 0 radical (unpaired) electrons. The molecule has 5 rings (SSSR count). The lowest BCUT2D eigenvalue weighted by Crippen LogP contribution is -2.77. The van der Waals surface area contributed by atoms with Crippen LogP contribution in [0.15, 0.2) is 0 Å².